The van der Waals surface area contributed by atoms with Crippen molar-refractivity contribution in [2.45, 2.75) is 20.1 Å². The number of amides is 1. The molecule has 0 unspecified atom stereocenters. The summed E-state index contributed by atoms with van der Waals surface area (Å²) in [5.74, 6) is -0.504. The van der Waals surface area contributed by atoms with Crippen LogP contribution in [0.5, 0.6) is 0 Å². The van der Waals surface area contributed by atoms with E-state index in [0.29, 0.717) is 24.3 Å². The van der Waals surface area contributed by atoms with E-state index in [0.717, 1.165) is 10.9 Å². The fourth-order valence-electron chi connectivity index (χ4n) is 3.56. The van der Waals surface area contributed by atoms with Gasteiger partial charge >= 0.3 is 13.1 Å². The Bertz CT molecular complexity index is 1080. The topological polar surface area (TPSA) is 105 Å². The molecular formula is C19H18BN3O5. The summed E-state index contributed by atoms with van der Waals surface area (Å²) in [5.41, 5.74) is 1.96. The van der Waals surface area contributed by atoms with Crippen LogP contribution in [0, 0.1) is 0 Å². The Labute approximate surface area is 161 Å². The highest BCUT2D eigenvalue weighted by Gasteiger charge is 2.31. The van der Waals surface area contributed by atoms with Crippen molar-refractivity contribution in [3.8, 4) is 0 Å². The zero-order valence-electron chi connectivity index (χ0n) is 15.2. The van der Waals surface area contributed by atoms with Crippen LogP contribution in [0.4, 0.5) is 5.82 Å². The van der Waals surface area contributed by atoms with Crippen LogP contribution >= 0.6 is 0 Å². The van der Waals surface area contributed by atoms with Gasteiger partial charge in [-0.25, -0.2) is 4.98 Å². The second kappa shape index (κ2) is 7.10. The third-order valence-corrected chi connectivity index (χ3v) is 4.84. The summed E-state index contributed by atoms with van der Waals surface area (Å²) in [7, 11) is -1.78. The molecule has 0 fully saturated rings. The molecule has 0 spiro atoms. The van der Waals surface area contributed by atoms with E-state index in [9.17, 15) is 19.6 Å². The lowest BCUT2D eigenvalue weighted by Gasteiger charge is -2.30. The van der Waals surface area contributed by atoms with Crippen LogP contribution in [0.1, 0.15) is 23.0 Å². The van der Waals surface area contributed by atoms with E-state index >= 15 is 0 Å². The molecule has 0 saturated carbocycles. The Hall–Kier alpha value is -3.17. The van der Waals surface area contributed by atoms with Crippen molar-refractivity contribution in [1.82, 2.24) is 9.55 Å². The maximum atomic E-state index is 13.2. The molecule has 1 aliphatic heterocycles. The molecule has 0 bridgehead atoms. The van der Waals surface area contributed by atoms with Gasteiger partial charge in [-0.05, 0) is 23.7 Å². The molecule has 0 aliphatic carbocycles. The van der Waals surface area contributed by atoms with Crippen molar-refractivity contribution in [3.63, 3.8) is 0 Å². The van der Waals surface area contributed by atoms with Crippen LogP contribution in [-0.4, -0.2) is 45.1 Å². The summed E-state index contributed by atoms with van der Waals surface area (Å²) in [6, 6.07) is 11.0. The van der Waals surface area contributed by atoms with E-state index in [-0.39, 0.29) is 23.8 Å². The highest BCUT2D eigenvalue weighted by Crippen LogP contribution is 2.27. The number of rotatable bonds is 4. The van der Waals surface area contributed by atoms with E-state index in [2.05, 4.69) is 4.98 Å². The second-order valence-corrected chi connectivity index (χ2v) is 6.55. The van der Waals surface area contributed by atoms with E-state index in [1.54, 1.807) is 0 Å². The molecule has 2 N–H and O–H groups in total. The van der Waals surface area contributed by atoms with E-state index in [4.69, 9.17) is 4.74 Å². The number of hydrogen-bond donors (Lipinski definition) is 2. The van der Waals surface area contributed by atoms with Crippen molar-refractivity contribution in [2.24, 2.45) is 0 Å². The minimum absolute atomic E-state index is 0.144. The van der Waals surface area contributed by atoms with E-state index < -0.39 is 13.1 Å². The van der Waals surface area contributed by atoms with Crippen LogP contribution in [0.25, 0.3) is 10.9 Å². The molecule has 0 radical (unpaired) electrons. The van der Waals surface area contributed by atoms with Gasteiger partial charge in [0, 0.05) is 42.7 Å². The number of carbonyl (C=O) groups excluding carboxylic acids is 2. The maximum absolute atomic E-state index is 13.2. The molecule has 0 atom stereocenters. The van der Waals surface area contributed by atoms with Crippen molar-refractivity contribution >= 4 is 41.2 Å². The number of anilines is 1. The zero-order chi connectivity index (χ0) is 19.8. The van der Waals surface area contributed by atoms with Crippen molar-refractivity contribution in [1.29, 1.82) is 0 Å². The van der Waals surface area contributed by atoms with E-state index in [1.807, 2.05) is 34.9 Å². The average Bonchev–Trinajstić information content (AvgIpc) is 3.06. The summed E-state index contributed by atoms with van der Waals surface area (Å²) >= 11 is 0. The first-order valence-electron chi connectivity index (χ1n) is 8.85. The lowest BCUT2D eigenvalue weighted by atomic mass is 9.77. The lowest BCUT2D eigenvalue weighted by Crippen LogP contribution is -2.43. The first kappa shape index (κ1) is 18.2. The van der Waals surface area contributed by atoms with Gasteiger partial charge in [0.15, 0.2) is 0 Å². The van der Waals surface area contributed by atoms with Crippen molar-refractivity contribution in [2.75, 3.05) is 11.4 Å². The number of para-hydroxylation sites is 1. The largest absolute Gasteiger partial charge is 0.489 e. The normalized spacial score (nSPS) is 13.5. The van der Waals surface area contributed by atoms with Crippen LogP contribution in [-0.2, 0) is 22.7 Å². The minimum atomic E-state index is -1.78. The summed E-state index contributed by atoms with van der Waals surface area (Å²) in [5, 5.41) is 20.4. The zero-order valence-corrected chi connectivity index (χ0v) is 15.2. The summed E-state index contributed by atoms with van der Waals surface area (Å²) in [4.78, 5) is 30.2. The van der Waals surface area contributed by atoms with Crippen molar-refractivity contribution in [3.05, 3.63) is 53.9 Å². The summed E-state index contributed by atoms with van der Waals surface area (Å²) < 4.78 is 7.02. The average molecular weight is 379 g/mol. The third-order valence-electron chi connectivity index (χ3n) is 4.84. The molecule has 4 rings (SSSR count). The second-order valence-electron chi connectivity index (χ2n) is 6.55. The van der Waals surface area contributed by atoms with E-state index in [1.165, 1.54) is 24.1 Å². The van der Waals surface area contributed by atoms with Crippen LogP contribution < -0.4 is 10.4 Å². The number of benzene rings is 1. The van der Waals surface area contributed by atoms with Crippen molar-refractivity contribution < 1.29 is 24.4 Å². The minimum Gasteiger partial charge on any atom is -0.461 e. The fraction of sp³-hybridized carbons (Fsp3) is 0.211. The molecule has 1 aromatic carbocycles. The van der Waals surface area contributed by atoms with Gasteiger partial charge in [-0.2, -0.15) is 0 Å². The summed E-state index contributed by atoms with van der Waals surface area (Å²) in [6.45, 7) is 1.97. The number of carbonyl (C=O) groups is 2. The van der Waals surface area contributed by atoms with Crippen LogP contribution in [0.3, 0.4) is 0 Å². The van der Waals surface area contributed by atoms with Gasteiger partial charge in [0.25, 0.3) is 5.91 Å². The predicted molar refractivity (Wildman–Crippen MR) is 103 cm³/mol. The van der Waals surface area contributed by atoms with Gasteiger partial charge in [0.1, 0.15) is 18.1 Å². The maximum Gasteiger partial charge on any atom is 0.489 e. The lowest BCUT2D eigenvalue weighted by molar-refractivity contribution is -0.142. The highest BCUT2D eigenvalue weighted by atomic mass is 16.5. The number of hydrogen-bond acceptors (Lipinski definition) is 6. The van der Waals surface area contributed by atoms with Gasteiger partial charge in [0.2, 0.25) is 0 Å². The molecule has 28 heavy (non-hydrogen) atoms. The molecule has 8 nitrogen and oxygen atoms in total. The molecule has 0 saturated heterocycles. The number of ether oxygens (including phenoxy) is 1. The standard InChI is InChI=1S/C19H18BN3O5/c1-12(24)28-11-14-15(20(26)27)6-7-21-18(14)23-9-8-22-16-5-3-2-4-13(16)10-17(22)19(23)25/h2-7,10,26-27H,8-9,11H2,1H3. The highest BCUT2D eigenvalue weighted by molar-refractivity contribution is 6.59. The monoisotopic (exact) mass is 379 g/mol. The number of nitrogens with zero attached hydrogens (tertiary/aromatic N) is 3. The Kier molecular flexibility index (Phi) is 4.62. The molecule has 1 amide bonds. The smallest absolute Gasteiger partial charge is 0.461 e. The molecule has 3 heterocycles. The molecule has 2 aromatic heterocycles. The number of aromatic nitrogens is 2. The molecular weight excluding hydrogens is 361 g/mol. The molecule has 9 heteroatoms. The SMILES string of the molecule is CC(=O)OCc1c(B(O)O)ccnc1N1CCn2c(cc3ccccc32)C1=O. The van der Waals surface area contributed by atoms with Gasteiger partial charge in [-0.15, -0.1) is 0 Å². The van der Waals surface area contributed by atoms with Gasteiger partial charge in [-0.3, -0.25) is 14.5 Å². The first-order chi connectivity index (χ1) is 13.5. The Balaban J connectivity index is 1.78. The fourth-order valence-corrected chi connectivity index (χ4v) is 3.56. The number of pyridine rings is 1. The Morgan fingerprint density at radius 2 is 2.04 bits per heavy atom. The molecule has 3 aromatic rings. The summed E-state index contributed by atoms with van der Waals surface area (Å²) in [6.07, 6.45) is 1.40. The molecule has 142 valence electrons. The predicted octanol–water partition coefficient (Wildman–Crippen LogP) is 0.440. The first-order valence-corrected chi connectivity index (χ1v) is 8.85. The van der Waals surface area contributed by atoms with Gasteiger partial charge in [0.05, 0.1) is 0 Å². The quantitative estimate of drug-likeness (QED) is 0.504. The van der Waals surface area contributed by atoms with Gasteiger partial charge < -0.3 is 19.4 Å². The molecule has 1 aliphatic rings. The Morgan fingerprint density at radius 1 is 1.25 bits per heavy atom. The Morgan fingerprint density at radius 3 is 2.79 bits per heavy atom. The van der Waals surface area contributed by atoms with Crippen LogP contribution in [0.2, 0.25) is 0 Å². The number of esters is 1. The third kappa shape index (κ3) is 3.04. The van der Waals surface area contributed by atoms with Crippen LogP contribution in [0.15, 0.2) is 42.6 Å². The van der Waals surface area contributed by atoms with Gasteiger partial charge in [-0.1, -0.05) is 18.2 Å². The number of fused-ring (bicyclic) bond motifs is 3.